The van der Waals surface area contributed by atoms with Crippen LogP contribution in [0.5, 0.6) is 0 Å². The average molecular weight is 337 g/mol. The van der Waals surface area contributed by atoms with E-state index in [2.05, 4.69) is 21.0 Å². The zero-order valence-corrected chi connectivity index (χ0v) is 14.0. The van der Waals surface area contributed by atoms with Crippen molar-refractivity contribution in [2.45, 2.75) is 16.7 Å². The number of hydrogen-bond donors (Lipinski definition) is 0. The highest BCUT2D eigenvalue weighted by molar-refractivity contribution is 7.99. The molecule has 0 fully saturated rings. The molecule has 2 rings (SSSR count). The van der Waals surface area contributed by atoms with Crippen LogP contribution in [0.25, 0.3) is 0 Å². The van der Waals surface area contributed by atoms with Gasteiger partial charge < -0.3 is 4.84 Å². The zero-order valence-electron chi connectivity index (χ0n) is 12.4. The Morgan fingerprint density at radius 3 is 2.77 bits per heavy atom. The number of aryl methyl sites for hydroxylation is 1. The minimum atomic E-state index is -0.696. The van der Waals surface area contributed by atoms with Crippen LogP contribution in [0.15, 0.2) is 50.7 Å². The van der Waals surface area contributed by atoms with Gasteiger partial charge in [0.05, 0.1) is 12.0 Å². The first-order chi connectivity index (χ1) is 10.7. The minimum absolute atomic E-state index is 0.0782. The van der Waals surface area contributed by atoms with E-state index >= 15 is 0 Å². The topological polar surface area (TPSA) is 57.1 Å². The largest absolute Gasteiger partial charge is 0.398 e. The lowest BCUT2D eigenvalue weighted by Crippen LogP contribution is -2.18. The van der Waals surface area contributed by atoms with Gasteiger partial charge in [0.15, 0.2) is 0 Å². The van der Waals surface area contributed by atoms with Crippen molar-refractivity contribution in [3.05, 3.63) is 46.2 Å². The fraction of sp³-hybridized carbons (Fsp3) is 0.200. The van der Waals surface area contributed by atoms with Crippen molar-refractivity contribution < 1.29 is 19.4 Å². The van der Waals surface area contributed by atoms with E-state index in [0.717, 1.165) is 9.79 Å². The Hall–Kier alpha value is -1.83. The molecule has 0 aliphatic heterocycles. The molecule has 0 radical (unpaired) electrons. The first kappa shape index (κ1) is 16.5. The van der Waals surface area contributed by atoms with Crippen LogP contribution in [0.4, 0.5) is 0 Å². The van der Waals surface area contributed by atoms with Crippen LogP contribution in [0.1, 0.15) is 10.4 Å². The van der Waals surface area contributed by atoms with Crippen molar-refractivity contribution >= 4 is 34.8 Å². The lowest BCUT2D eigenvalue weighted by atomic mass is 10.2. The monoisotopic (exact) mass is 337 g/mol. The standard InChI is InChI=1S/C15H15NO4S2/c1-10-5-4-6-11(9-10)22-12-7-8-21-14(12)13(16-18-2)15(17)20-19-3/h4-9H,1-3H3/b16-13-. The predicted molar refractivity (Wildman–Crippen MR) is 86.3 cm³/mol. The molecule has 22 heavy (non-hydrogen) atoms. The van der Waals surface area contributed by atoms with Gasteiger partial charge in [0.2, 0.25) is 5.71 Å². The molecule has 5 nitrogen and oxygen atoms in total. The van der Waals surface area contributed by atoms with Crippen molar-refractivity contribution in [1.82, 2.24) is 0 Å². The molecule has 0 atom stereocenters. The third-order valence-electron chi connectivity index (χ3n) is 2.60. The molecule has 1 heterocycles. The summed E-state index contributed by atoms with van der Waals surface area (Å²) in [5.41, 5.74) is 1.25. The highest BCUT2D eigenvalue weighted by Gasteiger charge is 2.23. The molecule has 0 aliphatic rings. The van der Waals surface area contributed by atoms with Gasteiger partial charge in [-0.1, -0.05) is 34.6 Å². The first-order valence-electron chi connectivity index (χ1n) is 6.34. The van der Waals surface area contributed by atoms with Crippen molar-refractivity contribution in [3.63, 3.8) is 0 Å². The van der Waals surface area contributed by atoms with Gasteiger partial charge in [0.1, 0.15) is 7.11 Å². The van der Waals surface area contributed by atoms with E-state index in [9.17, 15) is 4.79 Å². The number of oxime groups is 1. The Kier molecular flexibility index (Phi) is 6.00. The summed E-state index contributed by atoms with van der Waals surface area (Å²) < 4.78 is 0. The Bertz CT molecular complexity index is 682. The van der Waals surface area contributed by atoms with Crippen LogP contribution in [-0.2, 0) is 19.4 Å². The smallest absolute Gasteiger partial charge is 0.396 e. The van der Waals surface area contributed by atoms with Gasteiger partial charge in [-0.25, -0.2) is 4.79 Å². The van der Waals surface area contributed by atoms with Crippen LogP contribution in [0.3, 0.4) is 0 Å². The lowest BCUT2D eigenvalue weighted by Gasteiger charge is -2.06. The number of rotatable bonds is 6. The van der Waals surface area contributed by atoms with Crippen molar-refractivity contribution in [1.29, 1.82) is 0 Å². The maximum absolute atomic E-state index is 11.9. The number of thiophene rings is 1. The van der Waals surface area contributed by atoms with Crippen LogP contribution in [0.2, 0.25) is 0 Å². The average Bonchev–Trinajstić information content (AvgIpc) is 2.93. The number of carbonyl (C=O) groups is 1. The van der Waals surface area contributed by atoms with E-state index in [0.29, 0.717) is 4.88 Å². The van der Waals surface area contributed by atoms with Gasteiger partial charge in [-0.2, -0.15) is 4.89 Å². The summed E-state index contributed by atoms with van der Waals surface area (Å²) in [5, 5.41) is 5.65. The fourth-order valence-electron chi connectivity index (χ4n) is 1.73. The predicted octanol–water partition coefficient (Wildman–Crippen LogP) is 3.66. The highest BCUT2D eigenvalue weighted by atomic mass is 32.2. The Morgan fingerprint density at radius 2 is 2.09 bits per heavy atom. The van der Waals surface area contributed by atoms with Gasteiger partial charge in [-0.05, 0) is 30.5 Å². The van der Waals surface area contributed by atoms with E-state index in [1.807, 2.05) is 36.6 Å². The molecular formula is C15H15NO4S2. The molecule has 2 aromatic rings. The molecule has 0 N–H and O–H groups in total. The molecule has 0 saturated heterocycles. The summed E-state index contributed by atoms with van der Waals surface area (Å²) in [6, 6.07) is 10.0. The van der Waals surface area contributed by atoms with Crippen LogP contribution in [-0.4, -0.2) is 25.9 Å². The summed E-state index contributed by atoms with van der Waals surface area (Å²) >= 11 is 2.94. The van der Waals surface area contributed by atoms with Crippen molar-refractivity contribution in [3.8, 4) is 0 Å². The Labute approximate surface area is 136 Å². The second kappa shape index (κ2) is 7.98. The molecule has 0 amide bonds. The molecule has 1 aromatic carbocycles. The first-order valence-corrected chi connectivity index (χ1v) is 8.04. The second-order valence-corrected chi connectivity index (χ2v) is 6.22. The van der Waals surface area contributed by atoms with Crippen molar-refractivity contribution in [2.75, 3.05) is 14.2 Å². The van der Waals surface area contributed by atoms with E-state index in [1.165, 1.54) is 31.1 Å². The maximum Gasteiger partial charge on any atom is 0.396 e. The van der Waals surface area contributed by atoms with Gasteiger partial charge in [0.25, 0.3) is 0 Å². The molecule has 1 aromatic heterocycles. The number of carbonyl (C=O) groups excluding carboxylic acids is 1. The zero-order chi connectivity index (χ0) is 15.9. The molecule has 0 saturated carbocycles. The van der Waals surface area contributed by atoms with Gasteiger partial charge in [-0.3, -0.25) is 4.89 Å². The Balaban J connectivity index is 2.31. The summed E-state index contributed by atoms with van der Waals surface area (Å²) in [4.78, 5) is 28.3. The number of nitrogens with zero attached hydrogens (tertiary/aromatic N) is 1. The highest BCUT2D eigenvalue weighted by Crippen LogP contribution is 2.34. The molecule has 116 valence electrons. The summed E-state index contributed by atoms with van der Waals surface area (Å²) in [6.07, 6.45) is 0. The third kappa shape index (κ3) is 4.09. The SMILES string of the molecule is CO/N=C(\C(=O)OOC)c1sccc1Sc1cccc(C)c1. The van der Waals surface area contributed by atoms with Crippen LogP contribution in [0, 0.1) is 6.92 Å². The second-order valence-electron chi connectivity index (χ2n) is 4.19. The van der Waals surface area contributed by atoms with Gasteiger partial charge in [-0.15, -0.1) is 11.3 Å². The third-order valence-corrected chi connectivity index (χ3v) is 4.70. The maximum atomic E-state index is 11.9. The molecule has 0 spiro atoms. The fourth-order valence-corrected chi connectivity index (χ4v) is 3.82. The molecule has 0 bridgehead atoms. The van der Waals surface area contributed by atoms with Gasteiger partial charge in [0, 0.05) is 9.79 Å². The summed E-state index contributed by atoms with van der Waals surface area (Å²) in [5.74, 6) is -0.696. The summed E-state index contributed by atoms with van der Waals surface area (Å²) in [6.45, 7) is 2.03. The molecule has 0 aliphatic carbocycles. The van der Waals surface area contributed by atoms with E-state index in [1.54, 1.807) is 11.8 Å². The van der Waals surface area contributed by atoms with Gasteiger partial charge >= 0.3 is 5.97 Å². The van der Waals surface area contributed by atoms with E-state index in [-0.39, 0.29) is 5.71 Å². The number of hydrogen-bond acceptors (Lipinski definition) is 7. The Morgan fingerprint density at radius 1 is 1.27 bits per heavy atom. The van der Waals surface area contributed by atoms with E-state index < -0.39 is 5.97 Å². The molecule has 0 unspecified atom stereocenters. The van der Waals surface area contributed by atoms with Crippen LogP contribution >= 0.6 is 23.1 Å². The minimum Gasteiger partial charge on any atom is -0.398 e. The normalized spacial score (nSPS) is 11.3. The van der Waals surface area contributed by atoms with Crippen molar-refractivity contribution in [2.24, 2.45) is 5.16 Å². The molecular weight excluding hydrogens is 322 g/mol. The molecule has 7 heteroatoms. The summed E-state index contributed by atoms with van der Waals surface area (Å²) in [7, 11) is 2.64. The lowest BCUT2D eigenvalue weighted by molar-refractivity contribution is -0.247. The van der Waals surface area contributed by atoms with Crippen LogP contribution < -0.4 is 0 Å². The number of benzene rings is 1. The van der Waals surface area contributed by atoms with E-state index in [4.69, 9.17) is 4.84 Å². The quantitative estimate of drug-likeness (QED) is 0.457.